The van der Waals surface area contributed by atoms with Crippen molar-refractivity contribution in [2.24, 2.45) is 0 Å². The summed E-state index contributed by atoms with van der Waals surface area (Å²) < 4.78 is 0. The van der Waals surface area contributed by atoms with Gasteiger partial charge in [0.1, 0.15) is 0 Å². The Labute approximate surface area is 101 Å². The smallest absolute Gasteiger partial charge is 0.0986 e. The molecule has 0 atom stereocenters. The number of nitrogens with zero attached hydrogens (tertiary/aromatic N) is 1. The maximum atomic E-state index is 4.71. The first-order chi connectivity index (χ1) is 7.47. The molecule has 0 N–H and O–H groups in total. The second kappa shape index (κ2) is 4.02. The normalized spacial score (nSPS) is 11.8. The van der Waals surface area contributed by atoms with E-state index >= 15 is 0 Å². The van der Waals surface area contributed by atoms with Crippen molar-refractivity contribution in [3.8, 4) is 11.3 Å². The molecule has 2 heteroatoms. The Hall–Kier alpha value is -1.15. The van der Waals surface area contributed by atoms with Crippen LogP contribution in [0.5, 0.6) is 0 Å². The summed E-state index contributed by atoms with van der Waals surface area (Å²) in [5, 5.41) is 3.35. The molecule has 0 saturated heterocycles. The van der Waals surface area contributed by atoms with Crippen LogP contribution in [0.3, 0.4) is 0 Å². The third kappa shape index (κ3) is 2.33. The van der Waals surface area contributed by atoms with E-state index in [1.807, 2.05) is 0 Å². The molecular weight excluding hydrogens is 214 g/mol. The number of aryl methyl sites for hydroxylation is 1. The SMILES string of the molecule is Cc1cccc(-c2csc(C(C)(C)C)n2)c1. The first-order valence-corrected chi connectivity index (χ1v) is 6.38. The molecule has 1 aromatic carbocycles. The number of aromatic nitrogens is 1. The predicted molar refractivity (Wildman–Crippen MR) is 71.0 cm³/mol. The Morgan fingerprint density at radius 2 is 1.94 bits per heavy atom. The number of thiazole rings is 1. The highest BCUT2D eigenvalue weighted by atomic mass is 32.1. The Balaban J connectivity index is 2.39. The van der Waals surface area contributed by atoms with E-state index in [1.54, 1.807) is 11.3 Å². The van der Waals surface area contributed by atoms with Gasteiger partial charge in [-0.05, 0) is 13.0 Å². The lowest BCUT2D eigenvalue weighted by molar-refractivity contribution is 0.586. The van der Waals surface area contributed by atoms with E-state index in [1.165, 1.54) is 16.1 Å². The molecule has 0 aliphatic rings. The Morgan fingerprint density at radius 1 is 1.19 bits per heavy atom. The highest BCUT2D eigenvalue weighted by Crippen LogP contribution is 2.29. The summed E-state index contributed by atoms with van der Waals surface area (Å²) in [6, 6.07) is 8.50. The zero-order chi connectivity index (χ0) is 11.8. The van der Waals surface area contributed by atoms with Gasteiger partial charge in [-0.2, -0.15) is 0 Å². The van der Waals surface area contributed by atoms with E-state index in [2.05, 4.69) is 57.3 Å². The minimum absolute atomic E-state index is 0.146. The van der Waals surface area contributed by atoms with Crippen molar-refractivity contribution >= 4 is 11.3 Å². The van der Waals surface area contributed by atoms with Crippen molar-refractivity contribution in [1.29, 1.82) is 0 Å². The number of benzene rings is 1. The van der Waals surface area contributed by atoms with Gasteiger partial charge in [0.15, 0.2) is 0 Å². The van der Waals surface area contributed by atoms with Crippen LogP contribution in [0.2, 0.25) is 0 Å². The fraction of sp³-hybridized carbons (Fsp3) is 0.357. The van der Waals surface area contributed by atoms with Gasteiger partial charge in [0.25, 0.3) is 0 Å². The standard InChI is InChI=1S/C14H17NS/c1-10-6-5-7-11(8-10)12-9-16-13(15-12)14(2,3)4/h5-9H,1-4H3. The maximum Gasteiger partial charge on any atom is 0.0986 e. The number of rotatable bonds is 1. The summed E-state index contributed by atoms with van der Waals surface area (Å²) >= 11 is 1.75. The summed E-state index contributed by atoms with van der Waals surface area (Å²) in [7, 11) is 0. The molecule has 0 amide bonds. The first kappa shape index (κ1) is 11.3. The lowest BCUT2D eigenvalue weighted by Crippen LogP contribution is -2.10. The van der Waals surface area contributed by atoms with Crippen LogP contribution in [-0.4, -0.2) is 4.98 Å². The number of hydrogen-bond acceptors (Lipinski definition) is 2. The van der Waals surface area contributed by atoms with Crippen molar-refractivity contribution in [2.75, 3.05) is 0 Å². The molecule has 0 fully saturated rings. The van der Waals surface area contributed by atoms with Crippen LogP contribution >= 0.6 is 11.3 Å². The Morgan fingerprint density at radius 3 is 2.50 bits per heavy atom. The van der Waals surface area contributed by atoms with Crippen LogP contribution in [-0.2, 0) is 5.41 Å². The molecule has 2 aromatic rings. The third-order valence-electron chi connectivity index (χ3n) is 2.46. The average molecular weight is 231 g/mol. The highest BCUT2D eigenvalue weighted by Gasteiger charge is 2.18. The van der Waals surface area contributed by atoms with Gasteiger partial charge < -0.3 is 0 Å². The summed E-state index contributed by atoms with van der Waals surface area (Å²) in [4.78, 5) is 4.71. The second-order valence-corrected chi connectivity index (χ2v) is 6.02. The van der Waals surface area contributed by atoms with Gasteiger partial charge in [-0.25, -0.2) is 4.98 Å². The molecule has 1 heterocycles. The average Bonchev–Trinajstić information content (AvgIpc) is 2.65. The van der Waals surface area contributed by atoms with Crippen molar-refractivity contribution in [3.63, 3.8) is 0 Å². The van der Waals surface area contributed by atoms with E-state index in [4.69, 9.17) is 4.98 Å². The van der Waals surface area contributed by atoms with Gasteiger partial charge in [0, 0.05) is 16.4 Å². The number of hydrogen-bond donors (Lipinski definition) is 0. The quantitative estimate of drug-likeness (QED) is 0.708. The topological polar surface area (TPSA) is 12.9 Å². The van der Waals surface area contributed by atoms with Crippen LogP contribution in [0.25, 0.3) is 11.3 Å². The molecule has 0 aliphatic carbocycles. The molecule has 1 aromatic heterocycles. The minimum atomic E-state index is 0.146. The van der Waals surface area contributed by atoms with E-state index < -0.39 is 0 Å². The molecule has 0 saturated carbocycles. The van der Waals surface area contributed by atoms with Crippen LogP contribution in [0.1, 0.15) is 31.3 Å². The monoisotopic (exact) mass is 231 g/mol. The van der Waals surface area contributed by atoms with Crippen LogP contribution < -0.4 is 0 Å². The molecule has 0 bridgehead atoms. The molecule has 2 rings (SSSR count). The van der Waals surface area contributed by atoms with Crippen LogP contribution in [0, 0.1) is 6.92 Å². The summed E-state index contributed by atoms with van der Waals surface area (Å²) in [6.07, 6.45) is 0. The maximum absolute atomic E-state index is 4.71. The summed E-state index contributed by atoms with van der Waals surface area (Å²) in [5.41, 5.74) is 3.74. The lowest BCUT2D eigenvalue weighted by Gasteiger charge is -2.13. The van der Waals surface area contributed by atoms with Gasteiger partial charge in [0.05, 0.1) is 10.7 Å². The van der Waals surface area contributed by atoms with Gasteiger partial charge in [-0.3, -0.25) is 0 Å². The van der Waals surface area contributed by atoms with E-state index in [0.29, 0.717) is 0 Å². The Bertz CT molecular complexity index is 491. The highest BCUT2D eigenvalue weighted by molar-refractivity contribution is 7.10. The van der Waals surface area contributed by atoms with Gasteiger partial charge in [-0.1, -0.05) is 44.5 Å². The molecule has 84 valence electrons. The van der Waals surface area contributed by atoms with Crippen molar-refractivity contribution in [3.05, 3.63) is 40.2 Å². The van der Waals surface area contributed by atoms with Gasteiger partial charge in [-0.15, -0.1) is 11.3 Å². The fourth-order valence-corrected chi connectivity index (χ4v) is 2.47. The summed E-state index contributed by atoms with van der Waals surface area (Å²) in [5.74, 6) is 0. The van der Waals surface area contributed by atoms with Crippen molar-refractivity contribution in [2.45, 2.75) is 33.1 Å². The molecular formula is C14H17NS. The van der Waals surface area contributed by atoms with Crippen LogP contribution in [0.15, 0.2) is 29.6 Å². The summed E-state index contributed by atoms with van der Waals surface area (Å²) in [6.45, 7) is 8.71. The molecule has 1 nitrogen and oxygen atoms in total. The molecule has 16 heavy (non-hydrogen) atoms. The van der Waals surface area contributed by atoms with E-state index in [-0.39, 0.29) is 5.41 Å². The zero-order valence-electron chi connectivity index (χ0n) is 10.2. The lowest BCUT2D eigenvalue weighted by atomic mass is 9.98. The second-order valence-electron chi connectivity index (χ2n) is 5.16. The van der Waals surface area contributed by atoms with Crippen LogP contribution in [0.4, 0.5) is 0 Å². The predicted octanol–water partition coefficient (Wildman–Crippen LogP) is 4.42. The van der Waals surface area contributed by atoms with E-state index in [0.717, 1.165) is 5.69 Å². The van der Waals surface area contributed by atoms with Gasteiger partial charge in [0.2, 0.25) is 0 Å². The fourth-order valence-electron chi connectivity index (χ4n) is 1.56. The molecule has 0 spiro atoms. The molecule has 0 unspecified atom stereocenters. The zero-order valence-corrected chi connectivity index (χ0v) is 11.1. The van der Waals surface area contributed by atoms with Crippen molar-refractivity contribution < 1.29 is 0 Å². The largest absolute Gasteiger partial charge is 0.241 e. The molecule has 0 aliphatic heterocycles. The molecule has 0 radical (unpaired) electrons. The Kier molecular flexibility index (Phi) is 2.85. The van der Waals surface area contributed by atoms with E-state index in [9.17, 15) is 0 Å². The van der Waals surface area contributed by atoms with Crippen molar-refractivity contribution in [1.82, 2.24) is 4.98 Å². The first-order valence-electron chi connectivity index (χ1n) is 5.50. The van der Waals surface area contributed by atoms with Gasteiger partial charge >= 0.3 is 0 Å². The third-order valence-corrected chi connectivity index (χ3v) is 3.73. The minimum Gasteiger partial charge on any atom is -0.241 e.